The lowest BCUT2D eigenvalue weighted by atomic mass is 10.1. The maximum atomic E-state index is 11.4. The van der Waals surface area contributed by atoms with Crippen LogP contribution in [0.5, 0.6) is 0 Å². The molecule has 1 aliphatic rings. The number of nitro groups is 1. The van der Waals surface area contributed by atoms with Gasteiger partial charge in [0.05, 0.1) is 15.6 Å². The Morgan fingerprint density at radius 1 is 1.19 bits per heavy atom. The van der Waals surface area contributed by atoms with E-state index in [2.05, 4.69) is 25.1 Å². The number of anilines is 1. The Balaban J connectivity index is 1.57. The summed E-state index contributed by atoms with van der Waals surface area (Å²) in [6, 6.07) is 7.22. The van der Waals surface area contributed by atoms with E-state index >= 15 is 0 Å². The smallest absolute Gasteiger partial charge is 0.295 e. The number of benzene rings is 1. The Morgan fingerprint density at radius 2 is 1.96 bits per heavy atom. The molecule has 8 heteroatoms. The van der Waals surface area contributed by atoms with Crippen LogP contribution < -0.4 is 4.90 Å². The van der Waals surface area contributed by atoms with Gasteiger partial charge >= 0.3 is 0 Å². The van der Waals surface area contributed by atoms with Crippen molar-refractivity contribution in [1.82, 2.24) is 14.9 Å². The van der Waals surface area contributed by atoms with Gasteiger partial charge in [0.15, 0.2) is 5.52 Å². The highest BCUT2D eigenvalue weighted by molar-refractivity contribution is 7.09. The summed E-state index contributed by atoms with van der Waals surface area (Å²) in [5.41, 5.74) is 3.50. The van der Waals surface area contributed by atoms with Gasteiger partial charge < -0.3 is 4.90 Å². The molecule has 0 spiro atoms. The molecule has 4 rings (SSSR count). The highest BCUT2D eigenvalue weighted by atomic mass is 32.1. The molecule has 0 bridgehead atoms. The molecule has 1 saturated heterocycles. The second-order valence-electron chi connectivity index (χ2n) is 6.83. The van der Waals surface area contributed by atoms with Crippen molar-refractivity contribution in [2.45, 2.75) is 20.4 Å². The number of thiazole rings is 1. The van der Waals surface area contributed by atoms with Crippen LogP contribution in [0.1, 0.15) is 16.4 Å². The molecule has 1 aliphatic heterocycles. The number of pyridine rings is 1. The Morgan fingerprint density at radius 3 is 2.63 bits per heavy atom. The SMILES string of the molecule is Cc1cc(N2CCN(Cc3csc(C)n3)CC2)c2cccc([N+](=O)[O-])c2n1. The lowest BCUT2D eigenvalue weighted by Crippen LogP contribution is -2.46. The molecular weight excluding hydrogens is 362 g/mol. The highest BCUT2D eigenvalue weighted by Gasteiger charge is 2.22. The first-order valence-corrected chi connectivity index (χ1v) is 9.82. The Bertz CT molecular complexity index is 995. The molecule has 0 amide bonds. The van der Waals surface area contributed by atoms with Crippen LogP contribution in [0.4, 0.5) is 11.4 Å². The number of hydrogen-bond acceptors (Lipinski definition) is 7. The molecule has 3 aromatic rings. The highest BCUT2D eigenvalue weighted by Crippen LogP contribution is 2.32. The van der Waals surface area contributed by atoms with Crippen molar-refractivity contribution in [1.29, 1.82) is 0 Å². The monoisotopic (exact) mass is 383 g/mol. The first-order chi connectivity index (χ1) is 13.0. The van der Waals surface area contributed by atoms with Crippen LogP contribution in [0.3, 0.4) is 0 Å². The van der Waals surface area contributed by atoms with Gasteiger partial charge in [0, 0.05) is 60.9 Å². The zero-order valence-electron chi connectivity index (χ0n) is 15.4. The number of para-hydroxylation sites is 1. The molecule has 0 unspecified atom stereocenters. The predicted octanol–water partition coefficient (Wildman–Crippen LogP) is 3.54. The van der Waals surface area contributed by atoms with E-state index in [0.29, 0.717) is 5.52 Å². The molecule has 140 valence electrons. The van der Waals surface area contributed by atoms with Crippen molar-refractivity contribution in [3.63, 3.8) is 0 Å². The van der Waals surface area contributed by atoms with Gasteiger partial charge in [-0.25, -0.2) is 9.97 Å². The van der Waals surface area contributed by atoms with Gasteiger partial charge in [-0.05, 0) is 19.9 Å². The lowest BCUT2D eigenvalue weighted by molar-refractivity contribution is -0.383. The predicted molar refractivity (Wildman–Crippen MR) is 107 cm³/mol. The molecule has 0 radical (unpaired) electrons. The maximum absolute atomic E-state index is 11.4. The summed E-state index contributed by atoms with van der Waals surface area (Å²) in [5.74, 6) is 0. The number of aryl methyl sites for hydroxylation is 2. The van der Waals surface area contributed by atoms with Gasteiger partial charge in [0.2, 0.25) is 0 Å². The number of nitro benzene ring substituents is 1. The van der Waals surface area contributed by atoms with Crippen LogP contribution in [-0.2, 0) is 6.54 Å². The Labute approximate surface area is 161 Å². The molecule has 2 aromatic heterocycles. The average molecular weight is 383 g/mol. The first kappa shape index (κ1) is 17.8. The minimum atomic E-state index is -0.355. The summed E-state index contributed by atoms with van der Waals surface area (Å²) in [4.78, 5) is 24.7. The van der Waals surface area contributed by atoms with Crippen LogP contribution in [0.2, 0.25) is 0 Å². The van der Waals surface area contributed by atoms with Crippen LogP contribution in [0.25, 0.3) is 10.9 Å². The number of non-ortho nitro benzene ring substituents is 1. The second kappa shape index (κ2) is 7.21. The van der Waals surface area contributed by atoms with Crippen molar-refractivity contribution in [3.05, 3.63) is 56.2 Å². The van der Waals surface area contributed by atoms with Gasteiger partial charge in [0.25, 0.3) is 5.69 Å². The van der Waals surface area contributed by atoms with E-state index in [9.17, 15) is 10.1 Å². The van der Waals surface area contributed by atoms with Gasteiger partial charge in [-0.1, -0.05) is 12.1 Å². The van der Waals surface area contributed by atoms with Gasteiger partial charge in [0.1, 0.15) is 0 Å². The largest absolute Gasteiger partial charge is 0.368 e. The summed E-state index contributed by atoms with van der Waals surface area (Å²) in [5, 5.41) is 15.4. The van der Waals surface area contributed by atoms with Crippen molar-refractivity contribution >= 4 is 33.6 Å². The standard InChI is InChI=1S/C19H21N5O2S/c1-13-10-18(16-4-3-5-17(24(25)26)19(16)20-13)23-8-6-22(7-9-23)11-15-12-27-14(2)21-15/h3-5,10,12H,6-9,11H2,1-2H3. The third-order valence-corrected chi connectivity index (χ3v) is 5.71. The van der Waals surface area contributed by atoms with Crippen molar-refractivity contribution in [3.8, 4) is 0 Å². The van der Waals surface area contributed by atoms with Crippen molar-refractivity contribution in [2.24, 2.45) is 0 Å². The van der Waals surface area contributed by atoms with Crippen LogP contribution in [0, 0.1) is 24.0 Å². The Kier molecular flexibility index (Phi) is 4.75. The fourth-order valence-electron chi connectivity index (χ4n) is 3.61. The number of fused-ring (bicyclic) bond motifs is 1. The van der Waals surface area contributed by atoms with E-state index < -0.39 is 0 Å². The summed E-state index contributed by atoms with van der Waals surface area (Å²) < 4.78 is 0. The molecule has 3 heterocycles. The second-order valence-corrected chi connectivity index (χ2v) is 7.90. The number of nitrogens with zero attached hydrogens (tertiary/aromatic N) is 5. The number of rotatable bonds is 4. The summed E-state index contributed by atoms with van der Waals surface area (Å²) in [6.07, 6.45) is 0. The minimum Gasteiger partial charge on any atom is -0.368 e. The third-order valence-electron chi connectivity index (χ3n) is 4.89. The van der Waals surface area contributed by atoms with Gasteiger partial charge in [-0.3, -0.25) is 15.0 Å². The van der Waals surface area contributed by atoms with Crippen molar-refractivity contribution < 1.29 is 4.92 Å². The zero-order chi connectivity index (χ0) is 19.0. The average Bonchev–Trinajstić information content (AvgIpc) is 3.06. The first-order valence-electron chi connectivity index (χ1n) is 8.94. The quantitative estimate of drug-likeness (QED) is 0.507. The fraction of sp³-hybridized carbons (Fsp3) is 0.368. The molecule has 1 fully saturated rings. The lowest BCUT2D eigenvalue weighted by Gasteiger charge is -2.36. The maximum Gasteiger partial charge on any atom is 0.295 e. The molecular formula is C19H21N5O2S. The van der Waals surface area contributed by atoms with E-state index in [-0.39, 0.29) is 10.6 Å². The van der Waals surface area contributed by atoms with E-state index in [4.69, 9.17) is 0 Å². The normalized spacial score (nSPS) is 15.4. The van der Waals surface area contributed by atoms with E-state index in [1.165, 1.54) is 6.07 Å². The molecule has 0 aliphatic carbocycles. The van der Waals surface area contributed by atoms with Gasteiger partial charge in [-0.2, -0.15) is 0 Å². The minimum absolute atomic E-state index is 0.0648. The molecule has 0 N–H and O–H groups in total. The number of piperazine rings is 1. The summed E-state index contributed by atoms with van der Waals surface area (Å²) in [7, 11) is 0. The molecule has 0 atom stereocenters. The third kappa shape index (κ3) is 3.63. The number of hydrogen-bond donors (Lipinski definition) is 0. The molecule has 0 saturated carbocycles. The van der Waals surface area contributed by atoms with E-state index in [0.717, 1.165) is 60.2 Å². The van der Waals surface area contributed by atoms with Crippen LogP contribution >= 0.6 is 11.3 Å². The molecule has 27 heavy (non-hydrogen) atoms. The summed E-state index contributed by atoms with van der Waals surface area (Å²) in [6.45, 7) is 8.43. The van der Waals surface area contributed by atoms with E-state index in [1.807, 2.05) is 26.0 Å². The fourth-order valence-corrected chi connectivity index (χ4v) is 4.21. The van der Waals surface area contributed by atoms with Crippen LogP contribution in [0.15, 0.2) is 29.6 Å². The Hall–Kier alpha value is -2.58. The summed E-state index contributed by atoms with van der Waals surface area (Å²) >= 11 is 1.69. The van der Waals surface area contributed by atoms with Crippen LogP contribution in [-0.4, -0.2) is 46.0 Å². The topological polar surface area (TPSA) is 75.4 Å². The molecule has 1 aromatic carbocycles. The van der Waals surface area contributed by atoms with Gasteiger partial charge in [-0.15, -0.1) is 11.3 Å². The number of aromatic nitrogens is 2. The van der Waals surface area contributed by atoms with E-state index in [1.54, 1.807) is 17.4 Å². The zero-order valence-corrected chi connectivity index (χ0v) is 16.2. The molecule has 7 nitrogen and oxygen atoms in total. The van der Waals surface area contributed by atoms with Crippen molar-refractivity contribution in [2.75, 3.05) is 31.1 Å².